The molecule has 0 spiro atoms. The van der Waals surface area contributed by atoms with E-state index in [1.54, 1.807) is 0 Å². The van der Waals surface area contributed by atoms with Gasteiger partial charge in [0.2, 0.25) is 0 Å². The summed E-state index contributed by atoms with van der Waals surface area (Å²) >= 11 is 0. The average molecular weight is 232 g/mol. The summed E-state index contributed by atoms with van der Waals surface area (Å²) < 4.78 is 1.90. The van der Waals surface area contributed by atoms with Gasteiger partial charge in [-0.05, 0) is 17.7 Å². The molecule has 6 heteroatoms. The van der Waals surface area contributed by atoms with Gasteiger partial charge in [-0.1, -0.05) is 0 Å². The van der Waals surface area contributed by atoms with Crippen molar-refractivity contribution in [1.82, 2.24) is 20.1 Å². The van der Waals surface area contributed by atoms with E-state index < -0.39 is 0 Å². The van der Waals surface area contributed by atoms with Crippen molar-refractivity contribution >= 4 is 5.91 Å². The molecule has 0 atom stereocenters. The van der Waals surface area contributed by atoms with Gasteiger partial charge in [0.15, 0.2) is 0 Å². The molecule has 0 aliphatic rings. The molecule has 6 nitrogen and oxygen atoms in total. The van der Waals surface area contributed by atoms with Crippen molar-refractivity contribution in [1.29, 1.82) is 0 Å². The summed E-state index contributed by atoms with van der Waals surface area (Å²) in [7, 11) is 1.91. The Bertz CT molecular complexity index is 565. The predicted molar refractivity (Wildman–Crippen MR) is 61.4 cm³/mol. The van der Waals surface area contributed by atoms with Crippen LogP contribution in [0.4, 0.5) is 0 Å². The molecule has 2 heterocycles. The quantitative estimate of drug-likeness (QED) is 0.784. The third-order valence-corrected chi connectivity index (χ3v) is 2.26. The third-order valence-electron chi connectivity index (χ3n) is 2.26. The number of rotatable bonds is 3. The maximum Gasteiger partial charge on any atom is 0.271 e. The van der Waals surface area contributed by atoms with Crippen molar-refractivity contribution in [2.75, 3.05) is 0 Å². The van der Waals surface area contributed by atoms with E-state index in [-0.39, 0.29) is 17.2 Å². The molecule has 0 fully saturated rings. The topological polar surface area (TPSA) is 79.8 Å². The molecule has 2 aromatic heterocycles. The molecular weight excluding hydrogens is 220 g/mol. The van der Waals surface area contributed by atoms with Crippen molar-refractivity contribution in [2.24, 2.45) is 7.05 Å². The lowest BCUT2D eigenvalue weighted by atomic mass is 10.3. The first-order valence-corrected chi connectivity index (χ1v) is 5.10. The largest absolute Gasteiger partial charge is 0.357 e. The molecule has 88 valence electrons. The van der Waals surface area contributed by atoms with E-state index in [2.05, 4.69) is 15.5 Å². The highest BCUT2D eigenvalue weighted by molar-refractivity contribution is 5.91. The second-order valence-electron chi connectivity index (χ2n) is 3.67. The number of aromatic amines is 1. The van der Waals surface area contributed by atoms with Crippen LogP contribution in [-0.4, -0.2) is 20.7 Å². The van der Waals surface area contributed by atoms with E-state index in [9.17, 15) is 9.59 Å². The fourth-order valence-corrected chi connectivity index (χ4v) is 1.41. The zero-order chi connectivity index (χ0) is 12.3. The van der Waals surface area contributed by atoms with Gasteiger partial charge in [0.05, 0.1) is 0 Å². The number of carbonyl (C=O) groups excluding carboxylic acids is 1. The molecule has 0 radical (unpaired) electrons. The van der Waals surface area contributed by atoms with Crippen molar-refractivity contribution in [2.45, 2.75) is 6.54 Å². The summed E-state index contributed by atoms with van der Waals surface area (Å²) in [6, 6.07) is 4.57. The van der Waals surface area contributed by atoms with Crippen LogP contribution in [0.25, 0.3) is 0 Å². The Labute approximate surface area is 97.3 Å². The minimum absolute atomic E-state index is 0.195. The first-order chi connectivity index (χ1) is 8.15. The maximum atomic E-state index is 11.6. The lowest BCUT2D eigenvalue weighted by molar-refractivity contribution is 0.0945. The molecule has 0 saturated heterocycles. The van der Waals surface area contributed by atoms with Gasteiger partial charge in [0.1, 0.15) is 5.69 Å². The van der Waals surface area contributed by atoms with Crippen LogP contribution in [-0.2, 0) is 13.6 Å². The molecule has 0 unspecified atom stereocenters. The Morgan fingerprint density at radius 3 is 2.88 bits per heavy atom. The van der Waals surface area contributed by atoms with Crippen LogP contribution in [0.15, 0.2) is 35.4 Å². The van der Waals surface area contributed by atoms with Crippen LogP contribution in [0.3, 0.4) is 0 Å². The van der Waals surface area contributed by atoms with Crippen LogP contribution >= 0.6 is 0 Å². The number of hydrogen-bond donors (Lipinski definition) is 2. The third kappa shape index (κ3) is 2.81. The molecule has 1 amide bonds. The normalized spacial score (nSPS) is 10.2. The molecule has 0 bridgehead atoms. The summed E-state index contributed by atoms with van der Waals surface area (Å²) in [4.78, 5) is 22.4. The zero-order valence-electron chi connectivity index (χ0n) is 9.30. The number of amides is 1. The van der Waals surface area contributed by atoms with Gasteiger partial charge >= 0.3 is 0 Å². The fraction of sp³-hybridized carbons (Fsp3) is 0.182. The van der Waals surface area contributed by atoms with Gasteiger partial charge in [-0.25, -0.2) is 5.10 Å². The summed E-state index contributed by atoms with van der Waals surface area (Å²) in [5.74, 6) is -0.315. The van der Waals surface area contributed by atoms with Crippen molar-refractivity contribution < 1.29 is 4.79 Å². The summed E-state index contributed by atoms with van der Waals surface area (Å²) in [6.07, 6.45) is 3.82. The number of aryl methyl sites for hydroxylation is 1. The second kappa shape index (κ2) is 4.65. The smallest absolute Gasteiger partial charge is 0.271 e. The number of nitrogens with one attached hydrogen (secondary N) is 2. The van der Waals surface area contributed by atoms with Gasteiger partial charge < -0.3 is 9.88 Å². The van der Waals surface area contributed by atoms with Gasteiger partial charge in [0.25, 0.3) is 11.5 Å². The van der Waals surface area contributed by atoms with E-state index in [0.717, 1.165) is 5.56 Å². The van der Waals surface area contributed by atoms with Crippen LogP contribution in [0, 0.1) is 0 Å². The minimum Gasteiger partial charge on any atom is -0.357 e. The van der Waals surface area contributed by atoms with E-state index >= 15 is 0 Å². The molecule has 0 aromatic carbocycles. The minimum atomic E-state index is -0.329. The van der Waals surface area contributed by atoms with Crippen molar-refractivity contribution in [3.8, 4) is 0 Å². The lowest BCUT2D eigenvalue weighted by Gasteiger charge is -2.02. The Kier molecular flexibility index (Phi) is 3.04. The number of hydrogen-bond acceptors (Lipinski definition) is 3. The highest BCUT2D eigenvalue weighted by Crippen LogP contribution is 1.99. The van der Waals surface area contributed by atoms with E-state index in [1.165, 1.54) is 12.1 Å². The summed E-state index contributed by atoms with van der Waals surface area (Å²) in [5.41, 5.74) is 0.871. The monoisotopic (exact) mass is 232 g/mol. The number of aromatic nitrogens is 3. The molecule has 0 aliphatic heterocycles. The predicted octanol–water partition coefficient (Wildman–Crippen LogP) is 0.0384. The Hall–Kier alpha value is -2.37. The SMILES string of the molecule is Cn1ccc(CNC(=O)c2ccc(=O)[nH]n2)c1. The number of carbonyl (C=O) groups is 1. The Balaban J connectivity index is 1.98. The summed E-state index contributed by atoms with van der Waals surface area (Å²) in [6.45, 7) is 0.431. The van der Waals surface area contributed by atoms with Gasteiger partial charge in [-0.3, -0.25) is 9.59 Å². The first kappa shape index (κ1) is 11.1. The molecule has 2 N–H and O–H groups in total. The van der Waals surface area contributed by atoms with Crippen LogP contribution in [0.5, 0.6) is 0 Å². The number of H-pyrrole nitrogens is 1. The molecule has 17 heavy (non-hydrogen) atoms. The van der Waals surface area contributed by atoms with E-state index in [1.807, 2.05) is 30.1 Å². The highest BCUT2D eigenvalue weighted by atomic mass is 16.2. The van der Waals surface area contributed by atoms with Crippen LogP contribution in [0.2, 0.25) is 0 Å². The Morgan fingerprint density at radius 2 is 2.29 bits per heavy atom. The standard InChI is InChI=1S/C11H12N4O2/c1-15-5-4-8(7-15)6-12-11(17)9-2-3-10(16)14-13-9/h2-5,7H,6H2,1H3,(H,12,17)(H,14,16). The zero-order valence-corrected chi connectivity index (χ0v) is 9.30. The maximum absolute atomic E-state index is 11.6. The Morgan fingerprint density at radius 1 is 1.47 bits per heavy atom. The molecule has 0 saturated carbocycles. The first-order valence-electron chi connectivity index (χ1n) is 5.10. The fourth-order valence-electron chi connectivity index (χ4n) is 1.41. The summed E-state index contributed by atoms with van der Waals surface area (Å²) in [5, 5.41) is 8.56. The number of nitrogens with zero attached hydrogens (tertiary/aromatic N) is 2. The highest BCUT2D eigenvalue weighted by Gasteiger charge is 2.06. The van der Waals surface area contributed by atoms with E-state index in [4.69, 9.17) is 0 Å². The van der Waals surface area contributed by atoms with Gasteiger partial charge in [0, 0.05) is 32.1 Å². The molecule has 2 aromatic rings. The van der Waals surface area contributed by atoms with Crippen molar-refractivity contribution in [3.63, 3.8) is 0 Å². The van der Waals surface area contributed by atoms with Crippen molar-refractivity contribution in [3.05, 3.63) is 52.2 Å². The van der Waals surface area contributed by atoms with E-state index in [0.29, 0.717) is 6.54 Å². The average Bonchev–Trinajstić information content (AvgIpc) is 2.73. The molecule has 0 aliphatic carbocycles. The van der Waals surface area contributed by atoms with Crippen LogP contribution in [0.1, 0.15) is 16.1 Å². The van der Waals surface area contributed by atoms with Crippen LogP contribution < -0.4 is 10.9 Å². The van der Waals surface area contributed by atoms with Gasteiger partial charge in [-0.15, -0.1) is 0 Å². The molecular formula is C11H12N4O2. The second-order valence-corrected chi connectivity index (χ2v) is 3.67. The lowest BCUT2D eigenvalue weighted by Crippen LogP contribution is -2.25. The molecule has 2 rings (SSSR count). The van der Waals surface area contributed by atoms with Gasteiger partial charge in [-0.2, -0.15) is 5.10 Å².